The molecule has 1 aromatic rings. The standard InChI is InChI=1S/C7H5ClFN3O2/c8-6-10-3-4(9)5(11-6)12-1-2-14-7(12)13/h3H,1-2H2. The highest BCUT2D eigenvalue weighted by atomic mass is 35.5. The van der Waals surface area contributed by atoms with Crippen LogP contribution in [0.2, 0.25) is 5.28 Å². The van der Waals surface area contributed by atoms with Gasteiger partial charge in [0.2, 0.25) is 5.28 Å². The fraction of sp³-hybridized carbons (Fsp3) is 0.286. The van der Waals surface area contributed by atoms with E-state index in [2.05, 4.69) is 14.7 Å². The minimum atomic E-state index is -0.701. The number of nitrogens with zero attached hydrogens (tertiary/aromatic N) is 3. The molecular formula is C7H5ClFN3O2. The molecule has 1 amide bonds. The molecule has 2 rings (SSSR count). The highest BCUT2D eigenvalue weighted by Gasteiger charge is 2.27. The van der Waals surface area contributed by atoms with E-state index in [0.29, 0.717) is 0 Å². The van der Waals surface area contributed by atoms with Crippen LogP contribution < -0.4 is 4.90 Å². The van der Waals surface area contributed by atoms with Gasteiger partial charge in [-0.15, -0.1) is 0 Å². The maximum absolute atomic E-state index is 13.2. The van der Waals surface area contributed by atoms with Gasteiger partial charge >= 0.3 is 6.09 Å². The highest BCUT2D eigenvalue weighted by Crippen LogP contribution is 2.20. The lowest BCUT2D eigenvalue weighted by molar-refractivity contribution is 0.181. The molecule has 0 N–H and O–H groups in total. The van der Waals surface area contributed by atoms with E-state index in [1.54, 1.807) is 0 Å². The van der Waals surface area contributed by atoms with Crippen LogP contribution in [-0.2, 0) is 4.74 Å². The zero-order valence-corrected chi connectivity index (χ0v) is 7.66. The predicted molar refractivity (Wildman–Crippen MR) is 45.7 cm³/mol. The summed E-state index contributed by atoms with van der Waals surface area (Å²) < 4.78 is 17.8. The van der Waals surface area contributed by atoms with Crippen molar-refractivity contribution in [1.29, 1.82) is 0 Å². The van der Waals surface area contributed by atoms with Gasteiger partial charge in [0, 0.05) is 0 Å². The maximum Gasteiger partial charge on any atom is 0.415 e. The average molecular weight is 218 g/mol. The number of halogens is 2. The number of hydrogen-bond acceptors (Lipinski definition) is 4. The van der Waals surface area contributed by atoms with Gasteiger partial charge in [0.1, 0.15) is 6.61 Å². The number of amides is 1. The van der Waals surface area contributed by atoms with Crippen LogP contribution in [0.3, 0.4) is 0 Å². The third kappa shape index (κ3) is 1.48. The molecule has 0 radical (unpaired) electrons. The number of carbonyl (C=O) groups is 1. The second kappa shape index (κ2) is 3.38. The molecule has 1 aliphatic rings. The van der Waals surface area contributed by atoms with Crippen molar-refractivity contribution in [3.8, 4) is 0 Å². The molecule has 5 nitrogen and oxygen atoms in total. The Labute approximate surface area is 83.5 Å². The molecule has 0 unspecified atom stereocenters. The molecule has 1 fully saturated rings. The second-order valence-electron chi connectivity index (χ2n) is 2.58. The Morgan fingerprint density at radius 2 is 2.43 bits per heavy atom. The van der Waals surface area contributed by atoms with E-state index in [4.69, 9.17) is 11.6 Å². The molecule has 1 aromatic heterocycles. The Bertz CT molecular complexity index is 387. The molecule has 74 valence electrons. The van der Waals surface area contributed by atoms with Gasteiger partial charge in [-0.05, 0) is 11.6 Å². The fourth-order valence-electron chi connectivity index (χ4n) is 1.11. The van der Waals surface area contributed by atoms with E-state index in [1.807, 2.05) is 0 Å². The summed E-state index contributed by atoms with van der Waals surface area (Å²) in [7, 11) is 0. The molecule has 0 spiro atoms. The van der Waals surface area contributed by atoms with Crippen LogP contribution in [0.4, 0.5) is 15.0 Å². The summed E-state index contributed by atoms with van der Waals surface area (Å²) >= 11 is 5.48. The lowest BCUT2D eigenvalue weighted by atomic mass is 10.5. The Hall–Kier alpha value is -1.43. The van der Waals surface area contributed by atoms with Gasteiger partial charge in [-0.2, -0.15) is 4.98 Å². The number of anilines is 1. The zero-order chi connectivity index (χ0) is 10.1. The number of hydrogen-bond donors (Lipinski definition) is 0. The van der Waals surface area contributed by atoms with Crippen LogP contribution in [0, 0.1) is 5.82 Å². The predicted octanol–water partition coefficient (Wildman–Crippen LogP) is 1.23. The molecule has 1 aliphatic heterocycles. The fourth-order valence-corrected chi connectivity index (χ4v) is 1.24. The third-order valence-corrected chi connectivity index (χ3v) is 1.89. The molecule has 0 aliphatic carbocycles. The molecule has 14 heavy (non-hydrogen) atoms. The normalized spacial score (nSPS) is 15.9. The van der Waals surface area contributed by atoms with Crippen molar-refractivity contribution in [2.75, 3.05) is 18.1 Å². The van der Waals surface area contributed by atoms with Crippen LogP contribution in [0.15, 0.2) is 6.20 Å². The summed E-state index contributed by atoms with van der Waals surface area (Å²) in [5.41, 5.74) is 0. The van der Waals surface area contributed by atoms with Gasteiger partial charge < -0.3 is 4.74 Å². The van der Waals surface area contributed by atoms with Crippen LogP contribution in [0.1, 0.15) is 0 Å². The summed E-state index contributed by atoms with van der Waals surface area (Å²) in [6.45, 7) is 0.489. The van der Waals surface area contributed by atoms with Gasteiger partial charge in [0.25, 0.3) is 0 Å². The first-order valence-electron chi connectivity index (χ1n) is 3.81. The van der Waals surface area contributed by atoms with E-state index in [-0.39, 0.29) is 24.3 Å². The smallest absolute Gasteiger partial charge is 0.415 e. The SMILES string of the molecule is O=C1OCCN1c1nc(Cl)ncc1F. The lowest BCUT2D eigenvalue weighted by Gasteiger charge is -2.11. The largest absolute Gasteiger partial charge is 0.447 e. The summed E-state index contributed by atoms with van der Waals surface area (Å²) in [6, 6.07) is 0. The van der Waals surface area contributed by atoms with Gasteiger partial charge in [0.15, 0.2) is 11.6 Å². The van der Waals surface area contributed by atoms with Crippen LogP contribution in [-0.4, -0.2) is 29.2 Å². The van der Waals surface area contributed by atoms with E-state index < -0.39 is 11.9 Å². The van der Waals surface area contributed by atoms with E-state index >= 15 is 0 Å². The lowest BCUT2D eigenvalue weighted by Crippen LogP contribution is -2.25. The molecule has 7 heteroatoms. The Kier molecular flexibility index (Phi) is 2.20. The quantitative estimate of drug-likeness (QED) is 0.664. The molecule has 0 aromatic carbocycles. The van der Waals surface area contributed by atoms with E-state index in [0.717, 1.165) is 11.1 Å². The summed E-state index contributed by atoms with van der Waals surface area (Å²) in [4.78, 5) is 19.2. The number of aromatic nitrogens is 2. The Balaban J connectivity index is 2.39. The molecule has 0 atom stereocenters. The molecular weight excluding hydrogens is 213 g/mol. The van der Waals surface area contributed by atoms with Crippen molar-refractivity contribution >= 4 is 23.5 Å². The van der Waals surface area contributed by atoms with Crippen molar-refractivity contribution in [3.63, 3.8) is 0 Å². The Morgan fingerprint density at radius 1 is 1.64 bits per heavy atom. The van der Waals surface area contributed by atoms with Gasteiger partial charge in [-0.3, -0.25) is 4.90 Å². The maximum atomic E-state index is 13.2. The van der Waals surface area contributed by atoms with Crippen LogP contribution in [0.25, 0.3) is 0 Å². The van der Waals surface area contributed by atoms with Crippen LogP contribution >= 0.6 is 11.6 Å². The van der Waals surface area contributed by atoms with Crippen molar-refractivity contribution in [1.82, 2.24) is 9.97 Å². The monoisotopic (exact) mass is 217 g/mol. The second-order valence-corrected chi connectivity index (χ2v) is 2.91. The zero-order valence-electron chi connectivity index (χ0n) is 6.91. The molecule has 0 bridgehead atoms. The first-order chi connectivity index (χ1) is 6.68. The minimum absolute atomic E-state index is 0.110. The number of cyclic esters (lactones) is 1. The summed E-state index contributed by atoms with van der Waals surface area (Å²) in [5.74, 6) is -0.847. The topological polar surface area (TPSA) is 55.3 Å². The highest BCUT2D eigenvalue weighted by molar-refractivity contribution is 6.28. The number of rotatable bonds is 1. The van der Waals surface area contributed by atoms with Gasteiger partial charge in [-0.25, -0.2) is 14.2 Å². The molecule has 0 saturated carbocycles. The summed E-state index contributed by atoms with van der Waals surface area (Å²) in [6.07, 6.45) is 0.287. The van der Waals surface area contributed by atoms with Crippen molar-refractivity contribution < 1.29 is 13.9 Å². The Morgan fingerprint density at radius 3 is 3.07 bits per heavy atom. The first kappa shape index (κ1) is 9.14. The van der Waals surface area contributed by atoms with Gasteiger partial charge in [0.05, 0.1) is 12.7 Å². The third-order valence-electron chi connectivity index (χ3n) is 1.71. The van der Waals surface area contributed by atoms with E-state index in [9.17, 15) is 9.18 Å². The van der Waals surface area contributed by atoms with Crippen molar-refractivity contribution in [3.05, 3.63) is 17.3 Å². The molecule has 2 heterocycles. The average Bonchev–Trinajstić information content (AvgIpc) is 2.56. The van der Waals surface area contributed by atoms with Crippen molar-refractivity contribution in [2.24, 2.45) is 0 Å². The van der Waals surface area contributed by atoms with Crippen LogP contribution in [0.5, 0.6) is 0 Å². The van der Waals surface area contributed by atoms with E-state index in [1.165, 1.54) is 0 Å². The van der Waals surface area contributed by atoms with Gasteiger partial charge in [-0.1, -0.05) is 0 Å². The number of ether oxygens (including phenoxy) is 1. The first-order valence-corrected chi connectivity index (χ1v) is 4.18. The minimum Gasteiger partial charge on any atom is -0.447 e. The molecule has 1 saturated heterocycles. The van der Waals surface area contributed by atoms with Crippen molar-refractivity contribution in [2.45, 2.75) is 0 Å². The summed E-state index contributed by atoms with van der Waals surface area (Å²) in [5, 5.41) is -0.110. The number of carbonyl (C=O) groups excluding carboxylic acids is 1.